The van der Waals surface area contributed by atoms with E-state index in [2.05, 4.69) is 36.1 Å². The van der Waals surface area contributed by atoms with Crippen molar-refractivity contribution in [1.82, 2.24) is 4.90 Å². The lowest BCUT2D eigenvalue weighted by Gasteiger charge is -2.37. The second-order valence-corrected chi connectivity index (χ2v) is 6.51. The number of morpholine rings is 1. The van der Waals surface area contributed by atoms with Crippen LogP contribution in [0.4, 0.5) is 0 Å². The summed E-state index contributed by atoms with van der Waals surface area (Å²) in [6, 6.07) is 18.5. The predicted octanol–water partition coefficient (Wildman–Crippen LogP) is 3.48. The summed E-state index contributed by atoms with van der Waals surface area (Å²) in [5.41, 5.74) is 3.05. The number of carbonyl (C=O) groups is 1. The number of hydrogen-bond donors (Lipinski definition) is 0. The second kappa shape index (κ2) is 8.28. The Morgan fingerprint density at radius 2 is 1.92 bits per heavy atom. The molecule has 25 heavy (non-hydrogen) atoms. The van der Waals surface area contributed by atoms with Crippen molar-refractivity contribution in [3.05, 3.63) is 71.3 Å². The Hall–Kier alpha value is -2.17. The fourth-order valence-corrected chi connectivity index (χ4v) is 3.30. The van der Waals surface area contributed by atoms with E-state index < -0.39 is 0 Å². The molecule has 0 N–H and O–H groups in total. The van der Waals surface area contributed by atoms with Gasteiger partial charge in [-0.2, -0.15) is 0 Å². The van der Waals surface area contributed by atoms with Crippen molar-refractivity contribution in [3.63, 3.8) is 0 Å². The first-order chi connectivity index (χ1) is 12.2. The molecule has 2 aromatic carbocycles. The lowest BCUT2D eigenvalue weighted by atomic mass is 10.0. The smallest absolute Gasteiger partial charge is 0.337 e. The molecule has 1 fully saturated rings. The number of carbonyl (C=O) groups excluding carboxylic acids is 1. The van der Waals surface area contributed by atoms with Gasteiger partial charge in [0.05, 0.1) is 25.4 Å². The van der Waals surface area contributed by atoms with Crippen LogP contribution in [0.1, 0.15) is 34.5 Å². The zero-order valence-corrected chi connectivity index (χ0v) is 14.9. The monoisotopic (exact) mass is 339 g/mol. The van der Waals surface area contributed by atoms with Crippen molar-refractivity contribution in [2.24, 2.45) is 0 Å². The number of esters is 1. The van der Waals surface area contributed by atoms with Crippen LogP contribution in [0.15, 0.2) is 54.6 Å². The first kappa shape index (κ1) is 17.6. The Kier molecular flexibility index (Phi) is 5.84. The van der Waals surface area contributed by atoms with Crippen LogP contribution in [-0.4, -0.2) is 43.7 Å². The van der Waals surface area contributed by atoms with Gasteiger partial charge in [-0.1, -0.05) is 42.5 Å². The second-order valence-electron chi connectivity index (χ2n) is 6.51. The molecule has 3 rings (SSSR count). The van der Waals surface area contributed by atoms with E-state index in [1.807, 2.05) is 30.3 Å². The number of ether oxygens (including phenoxy) is 2. The molecule has 1 saturated heterocycles. The number of rotatable bonds is 5. The molecule has 0 amide bonds. The highest BCUT2D eigenvalue weighted by atomic mass is 16.5. The molecule has 4 nitrogen and oxygen atoms in total. The average Bonchev–Trinajstić information content (AvgIpc) is 2.68. The van der Waals surface area contributed by atoms with Crippen LogP contribution in [0.2, 0.25) is 0 Å². The molecule has 2 unspecified atom stereocenters. The molecule has 0 aromatic heterocycles. The van der Waals surface area contributed by atoms with Gasteiger partial charge in [-0.15, -0.1) is 0 Å². The zero-order valence-electron chi connectivity index (χ0n) is 14.9. The van der Waals surface area contributed by atoms with E-state index in [0.717, 1.165) is 26.1 Å². The van der Waals surface area contributed by atoms with Crippen LogP contribution < -0.4 is 0 Å². The molecule has 1 aliphatic heterocycles. The van der Waals surface area contributed by atoms with Gasteiger partial charge < -0.3 is 9.47 Å². The number of hydrogen-bond acceptors (Lipinski definition) is 4. The molecule has 1 aliphatic rings. The Morgan fingerprint density at radius 3 is 2.60 bits per heavy atom. The summed E-state index contributed by atoms with van der Waals surface area (Å²) in [6.45, 7) is 4.86. The Morgan fingerprint density at radius 1 is 1.20 bits per heavy atom. The number of nitrogens with zero attached hydrogens (tertiary/aromatic N) is 1. The van der Waals surface area contributed by atoms with Crippen LogP contribution in [0.3, 0.4) is 0 Å². The molecule has 4 heteroatoms. The van der Waals surface area contributed by atoms with Gasteiger partial charge in [0.1, 0.15) is 0 Å². The fraction of sp³-hybridized carbons (Fsp3) is 0.381. The van der Waals surface area contributed by atoms with Crippen LogP contribution >= 0.6 is 0 Å². The molecule has 1 heterocycles. The molecule has 132 valence electrons. The minimum atomic E-state index is -0.293. The molecule has 0 saturated carbocycles. The van der Waals surface area contributed by atoms with Crippen molar-refractivity contribution in [1.29, 1.82) is 0 Å². The SMILES string of the molecule is COC(=O)c1ccc(CC(C)N2CCOC(c3ccccc3)C2)cc1. The van der Waals surface area contributed by atoms with Crippen molar-refractivity contribution < 1.29 is 14.3 Å². The van der Waals surface area contributed by atoms with E-state index in [0.29, 0.717) is 11.6 Å². The molecule has 0 radical (unpaired) electrons. The van der Waals surface area contributed by atoms with Gasteiger partial charge >= 0.3 is 5.97 Å². The van der Waals surface area contributed by atoms with Crippen LogP contribution in [-0.2, 0) is 15.9 Å². The van der Waals surface area contributed by atoms with E-state index in [-0.39, 0.29) is 12.1 Å². The average molecular weight is 339 g/mol. The zero-order chi connectivity index (χ0) is 17.6. The normalized spacial score (nSPS) is 19.4. The third-order valence-electron chi connectivity index (χ3n) is 4.80. The van der Waals surface area contributed by atoms with Crippen LogP contribution in [0.5, 0.6) is 0 Å². The maximum absolute atomic E-state index is 11.5. The highest BCUT2D eigenvalue weighted by Crippen LogP contribution is 2.24. The van der Waals surface area contributed by atoms with Gasteiger partial charge in [-0.05, 0) is 36.6 Å². The molecule has 2 aromatic rings. The van der Waals surface area contributed by atoms with Crippen LogP contribution in [0, 0.1) is 0 Å². The van der Waals surface area contributed by atoms with Crippen molar-refractivity contribution in [2.45, 2.75) is 25.5 Å². The highest BCUT2D eigenvalue weighted by molar-refractivity contribution is 5.89. The molecular formula is C21H25NO3. The Balaban J connectivity index is 1.60. The van der Waals surface area contributed by atoms with Gasteiger partial charge in [0.2, 0.25) is 0 Å². The van der Waals surface area contributed by atoms with Gasteiger partial charge in [0.25, 0.3) is 0 Å². The standard InChI is InChI=1S/C21H25NO3/c1-16(14-17-8-10-19(11-9-17)21(23)24-2)22-12-13-25-20(15-22)18-6-4-3-5-7-18/h3-11,16,20H,12-15H2,1-2H3. The molecule has 0 bridgehead atoms. The van der Waals surface area contributed by atoms with Crippen molar-refractivity contribution in [2.75, 3.05) is 26.8 Å². The first-order valence-corrected chi connectivity index (χ1v) is 8.75. The lowest BCUT2D eigenvalue weighted by molar-refractivity contribution is -0.0424. The Labute approximate surface area is 149 Å². The Bertz CT molecular complexity index is 684. The summed E-state index contributed by atoms with van der Waals surface area (Å²) in [7, 11) is 1.40. The van der Waals surface area contributed by atoms with Gasteiger partial charge in [-0.3, -0.25) is 4.90 Å². The first-order valence-electron chi connectivity index (χ1n) is 8.75. The quantitative estimate of drug-likeness (QED) is 0.782. The third kappa shape index (κ3) is 4.47. The number of benzene rings is 2. The summed E-state index contributed by atoms with van der Waals surface area (Å²) >= 11 is 0. The van der Waals surface area contributed by atoms with Crippen LogP contribution in [0.25, 0.3) is 0 Å². The van der Waals surface area contributed by atoms with E-state index in [1.165, 1.54) is 18.2 Å². The molecule has 2 atom stereocenters. The maximum Gasteiger partial charge on any atom is 0.337 e. The predicted molar refractivity (Wildman–Crippen MR) is 97.7 cm³/mol. The minimum absolute atomic E-state index is 0.138. The van der Waals surface area contributed by atoms with Gasteiger partial charge in [-0.25, -0.2) is 4.79 Å². The van der Waals surface area contributed by atoms with Gasteiger partial charge in [0, 0.05) is 19.1 Å². The molecule has 0 aliphatic carbocycles. The fourth-order valence-electron chi connectivity index (χ4n) is 3.30. The third-order valence-corrected chi connectivity index (χ3v) is 4.80. The largest absolute Gasteiger partial charge is 0.465 e. The topological polar surface area (TPSA) is 38.8 Å². The van der Waals surface area contributed by atoms with E-state index >= 15 is 0 Å². The highest BCUT2D eigenvalue weighted by Gasteiger charge is 2.25. The van der Waals surface area contributed by atoms with E-state index in [4.69, 9.17) is 9.47 Å². The summed E-state index contributed by atoms with van der Waals surface area (Å²) in [6.07, 6.45) is 1.09. The summed E-state index contributed by atoms with van der Waals surface area (Å²) in [4.78, 5) is 14.0. The summed E-state index contributed by atoms with van der Waals surface area (Å²) in [5, 5.41) is 0. The van der Waals surface area contributed by atoms with E-state index in [9.17, 15) is 4.79 Å². The van der Waals surface area contributed by atoms with E-state index in [1.54, 1.807) is 0 Å². The maximum atomic E-state index is 11.5. The van der Waals surface area contributed by atoms with Crippen molar-refractivity contribution in [3.8, 4) is 0 Å². The lowest BCUT2D eigenvalue weighted by Crippen LogP contribution is -2.44. The minimum Gasteiger partial charge on any atom is -0.465 e. The summed E-state index contributed by atoms with van der Waals surface area (Å²) in [5.74, 6) is -0.293. The van der Waals surface area contributed by atoms with Crippen molar-refractivity contribution >= 4 is 5.97 Å². The molecular weight excluding hydrogens is 314 g/mol. The van der Waals surface area contributed by atoms with Gasteiger partial charge in [0.15, 0.2) is 0 Å². The molecule has 0 spiro atoms. The number of methoxy groups -OCH3 is 1. The summed E-state index contributed by atoms with van der Waals surface area (Å²) < 4.78 is 10.7.